The topological polar surface area (TPSA) is 159 Å². The van der Waals surface area contributed by atoms with Gasteiger partial charge in [-0.1, -0.05) is 6.07 Å². The first-order valence-electron chi connectivity index (χ1n) is 10.6. The average Bonchev–Trinajstić information content (AvgIpc) is 2.86. The summed E-state index contributed by atoms with van der Waals surface area (Å²) in [6.45, 7) is 1.05. The Balaban J connectivity index is 2.10. The van der Waals surface area contributed by atoms with Crippen LogP contribution in [0.4, 0.5) is 24.7 Å². The number of ether oxygens (including phenoxy) is 4. The Morgan fingerprint density at radius 2 is 1.87 bits per heavy atom. The number of hydrogen-bond acceptors (Lipinski definition) is 11. The number of anilines is 1. The van der Waals surface area contributed by atoms with Crippen LogP contribution in [0.1, 0.15) is 18.1 Å². The van der Waals surface area contributed by atoms with Crippen LogP contribution in [-0.2, 0) is 15.7 Å². The fraction of sp³-hybridized carbons (Fsp3) is 0.217. The molecule has 0 fully saturated rings. The fourth-order valence-corrected chi connectivity index (χ4v) is 2.95. The standard InChI is InChI=1S/C23H18F3N5O7/c1-3-36-18(32)12-28-20-19(31(33)34)21(37-17-8-13(11-27)7-16(10-17)35-2)30-22(29-20)38-15-6-4-5-14(9-15)23(24,25)26/h4-10H,3,12H2,1-2H3,(H,28,29,30). The maximum absolute atomic E-state index is 13.1. The maximum Gasteiger partial charge on any atom is 0.416 e. The van der Waals surface area contributed by atoms with Crippen molar-refractivity contribution in [2.45, 2.75) is 13.1 Å². The Labute approximate surface area is 212 Å². The molecule has 2 aromatic carbocycles. The molecule has 1 heterocycles. The van der Waals surface area contributed by atoms with Crippen molar-refractivity contribution in [1.29, 1.82) is 5.26 Å². The summed E-state index contributed by atoms with van der Waals surface area (Å²) in [5.41, 5.74) is -1.75. The Bertz CT molecular complexity index is 1390. The van der Waals surface area contributed by atoms with Crippen molar-refractivity contribution in [3.63, 3.8) is 0 Å². The van der Waals surface area contributed by atoms with E-state index in [4.69, 9.17) is 18.9 Å². The zero-order valence-electron chi connectivity index (χ0n) is 19.7. The van der Waals surface area contributed by atoms with Gasteiger partial charge in [-0.2, -0.15) is 28.4 Å². The number of esters is 1. The average molecular weight is 533 g/mol. The summed E-state index contributed by atoms with van der Waals surface area (Å²) in [5.74, 6) is -2.24. The fourth-order valence-electron chi connectivity index (χ4n) is 2.95. The highest BCUT2D eigenvalue weighted by atomic mass is 19.4. The summed E-state index contributed by atoms with van der Waals surface area (Å²) in [6, 6.07) is 8.95. The monoisotopic (exact) mass is 533 g/mol. The molecule has 38 heavy (non-hydrogen) atoms. The van der Waals surface area contributed by atoms with Gasteiger partial charge in [0.1, 0.15) is 23.8 Å². The summed E-state index contributed by atoms with van der Waals surface area (Å²) >= 11 is 0. The van der Waals surface area contributed by atoms with Crippen molar-refractivity contribution >= 4 is 17.5 Å². The molecular weight excluding hydrogens is 515 g/mol. The second kappa shape index (κ2) is 11.7. The first-order valence-corrected chi connectivity index (χ1v) is 10.6. The molecule has 12 nitrogen and oxygen atoms in total. The van der Waals surface area contributed by atoms with Crippen LogP contribution in [-0.4, -0.2) is 41.1 Å². The van der Waals surface area contributed by atoms with Crippen LogP contribution in [0.15, 0.2) is 42.5 Å². The molecule has 0 bridgehead atoms. The molecule has 0 amide bonds. The van der Waals surface area contributed by atoms with Crippen molar-refractivity contribution < 1.29 is 41.8 Å². The first kappa shape index (κ1) is 27.5. The third-order valence-corrected chi connectivity index (χ3v) is 4.55. The molecule has 198 valence electrons. The molecule has 0 unspecified atom stereocenters. The number of halogens is 3. The largest absolute Gasteiger partial charge is 0.497 e. The predicted octanol–water partition coefficient (Wildman–Crippen LogP) is 4.84. The van der Waals surface area contributed by atoms with E-state index in [1.165, 1.54) is 31.4 Å². The number of carbonyl (C=O) groups excluding carboxylic acids is 1. The van der Waals surface area contributed by atoms with Crippen LogP contribution < -0.4 is 19.5 Å². The van der Waals surface area contributed by atoms with Crippen LogP contribution >= 0.6 is 0 Å². The SMILES string of the molecule is CCOC(=O)CNc1nc(Oc2cccc(C(F)(F)F)c2)nc(Oc2cc(C#N)cc(OC)c2)c1[N+](=O)[O-]. The number of nitrogens with one attached hydrogen (secondary N) is 1. The highest BCUT2D eigenvalue weighted by molar-refractivity contribution is 5.76. The first-order chi connectivity index (χ1) is 18.0. The van der Waals surface area contributed by atoms with Crippen LogP contribution in [0.25, 0.3) is 0 Å². The van der Waals surface area contributed by atoms with Gasteiger partial charge < -0.3 is 24.3 Å². The lowest BCUT2D eigenvalue weighted by Crippen LogP contribution is -2.18. The predicted molar refractivity (Wildman–Crippen MR) is 123 cm³/mol. The van der Waals surface area contributed by atoms with Crippen molar-refractivity contribution in [3.05, 3.63) is 63.7 Å². The van der Waals surface area contributed by atoms with Crippen LogP contribution in [0, 0.1) is 21.4 Å². The number of nitrogens with zero attached hydrogens (tertiary/aromatic N) is 4. The number of carbonyl (C=O) groups is 1. The molecule has 3 rings (SSSR count). The number of aromatic nitrogens is 2. The lowest BCUT2D eigenvalue weighted by atomic mass is 10.2. The molecule has 1 N–H and O–H groups in total. The summed E-state index contributed by atoms with van der Waals surface area (Å²) < 4.78 is 60.1. The van der Waals surface area contributed by atoms with E-state index in [0.29, 0.717) is 6.07 Å². The van der Waals surface area contributed by atoms with E-state index in [0.717, 1.165) is 12.1 Å². The second-order valence-electron chi connectivity index (χ2n) is 7.16. The quantitative estimate of drug-likeness (QED) is 0.216. The summed E-state index contributed by atoms with van der Waals surface area (Å²) in [5, 5.41) is 23.6. The van der Waals surface area contributed by atoms with Crippen molar-refractivity contribution in [2.75, 3.05) is 25.6 Å². The number of alkyl halides is 3. The third-order valence-electron chi connectivity index (χ3n) is 4.55. The van der Waals surface area contributed by atoms with E-state index in [9.17, 15) is 33.3 Å². The number of benzene rings is 2. The van der Waals surface area contributed by atoms with Crippen LogP contribution in [0.3, 0.4) is 0 Å². The van der Waals surface area contributed by atoms with Crippen LogP contribution in [0.2, 0.25) is 0 Å². The highest BCUT2D eigenvalue weighted by Gasteiger charge is 2.32. The Morgan fingerprint density at radius 1 is 1.13 bits per heavy atom. The molecule has 0 aliphatic heterocycles. The highest BCUT2D eigenvalue weighted by Crippen LogP contribution is 2.39. The van der Waals surface area contributed by atoms with E-state index in [1.54, 1.807) is 6.92 Å². The van der Waals surface area contributed by atoms with Gasteiger partial charge in [-0.15, -0.1) is 0 Å². The number of hydrogen-bond donors (Lipinski definition) is 1. The molecular formula is C23H18F3N5O7. The van der Waals surface area contributed by atoms with Gasteiger partial charge in [0.25, 0.3) is 0 Å². The Kier molecular flexibility index (Phi) is 8.48. The maximum atomic E-state index is 13.1. The van der Waals surface area contributed by atoms with E-state index in [1.807, 2.05) is 6.07 Å². The number of nitro groups is 1. The molecule has 15 heteroatoms. The molecule has 0 saturated heterocycles. The van der Waals surface area contributed by atoms with Crippen molar-refractivity contribution in [2.24, 2.45) is 0 Å². The van der Waals surface area contributed by atoms with E-state index < -0.39 is 52.6 Å². The smallest absolute Gasteiger partial charge is 0.416 e. The zero-order chi connectivity index (χ0) is 27.9. The Hall–Kier alpha value is -5.13. The van der Waals surface area contributed by atoms with Gasteiger partial charge in [-0.3, -0.25) is 14.9 Å². The lowest BCUT2D eigenvalue weighted by Gasteiger charge is -2.13. The summed E-state index contributed by atoms with van der Waals surface area (Å²) in [7, 11) is 1.33. The molecule has 0 aliphatic rings. The van der Waals surface area contributed by atoms with Crippen LogP contribution in [0.5, 0.6) is 29.1 Å². The van der Waals surface area contributed by atoms with Gasteiger partial charge in [0.15, 0.2) is 0 Å². The third kappa shape index (κ3) is 6.97. The van der Waals surface area contributed by atoms with Gasteiger partial charge in [0, 0.05) is 6.07 Å². The number of methoxy groups -OCH3 is 1. The summed E-state index contributed by atoms with van der Waals surface area (Å²) in [4.78, 5) is 30.5. The van der Waals surface area contributed by atoms with E-state index >= 15 is 0 Å². The molecule has 0 spiro atoms. The molecule has 0 saturated carbocycles. The zero-order valence-corrected chi connectivity index (χ0v) is 19.7. The second-order valence-corrected chi connectivity index (χ2v) is 7.16. The van der Waals surface area contributed by atoms with E-state index in [-0.39, 0.29) is 29.4 Å². The van der Waals surface area contributed by atoms with Gasteiger partial charge in [0.2, 0.25) is 5.82 Å². The molecule has 0 radical (unpaired) electrons. The normalized spacial score (nSPS) is 10.7. The molecule has 0 aliphatic carbocycles. The minimum absolute atomic E-state index is 0.0434. The van der Waals surface area contributed by atoms with Gasteiger partial charge >= 0.3 is 29.7 Å². The molecule has 1 aromatic heterocycles. The minimum Gasteiger partial charge on any atom is -0.497 e. The summed E-state index contributed by atoms with van der Waals surface area (Å²) in [6.07, 6.45) is -4.67. The van der Waals surface area contributed by atoms with Crippen molar-refractivity contribution in [3.8, 4) is 35.2 Å². The Morgan fingerprint density at radius 3 is 2.50 bits per heavy atom. The van der Waals surface area contributed by atoms with E-state index in [2.05, 4.69) is 15.3 Å². The molecule has 3 aromatic rings. The minimum atomic E-state index is -4.67. The molecule has 0 atom stereocenters. The van der Waals surface area contributed by atoms with Gasteiger partial charge in [0.05, 0.1) is 35.8 Å². The number of nitriles is 1. The number of rotatable bonds is 10. The van der Waals surface area contributed by atoms with Gasteiger partial charge in [-0.25, -0.2) is 0 Å². The van der Waals surface area contributed by atoms with Gasteiger partial charge in [-0.05, 0) is 37.3 Å². The lowest BCUT2D eigenvalue weighted by molar-refractivity contribution is -0.385. The van der Waals surface area contributed by atoms with Crippen molar-refractivity contribution in [1.82, 2.24) is 9.97 Å².